The van der Waals surface area contributed by atoms with Gasteiger partial charge in [0.15, 0.2) is 0 Å². The number of rotatable bonds is 8. The Morgan fingerprint density at radius 3 is 2.23 bits per heavy atom. The molecule has 0 bridgehead atoms. The Bertz CT molecular complexity index is 763. The van der Waals surface area contributed by atoms with Crippen LogP contribution in [0.4, 0.5) is 22.7 Å². The summed E-state index contributed by atoms with van der Waals surface area (Å²) in [5, 5.41) is 0. The molecule has 0 aromatic heterocycles. The first-order valence-electron chi connectivity index (χ1n) is 10.0. The van der Waals surface area contributed by atoms with E-state index in [1.807, 2.05) is 6.20 Å². The molecule has 0 unspecified atom stereocenters. The number of benzene rings is 2. The van der Waals surface area contributed by atoms with E-state index in [0.717, 1.165) is 6.42 Å². The predicted molar refractivity (Wildman–Crippen MR) is 115 cm³/mol. The number of fused-ring (bicyclic) bond motifs is 2. The molecule has 2 nitrogen and oxygen atoms in total. The molecule has 2 aromatic carbocycles. The van der Waals surface area contributed by atoms with E-state index < -0.39 is 0 Å². The highest BCUT2D eigenvalue weighted by Crippen LogP contribution is 2.47. The smallest absolute Gasteiger partial charge is 0.0696 e. The van der Waals surface area contributed by atoms with E-state index in [4.69, 9.17) is 0 Å². The maximum absolute atomic E-state index is 4.08. The normalized spacial score (nSPS) is 12.7. The molecule has 0 spiro atoms. The number of aryl methyl sites for hydroxylation is 2. The van der Waals surface area contributed by atoms with Crippen molar-refractivity contribution in [3.05, 3.63) is 60.3 Å². The Kier molecular flexibility index (Phi) is 6.03. The van der Waals surface area contributed by atoms with Crippen molar-refractivity contribution in [3.8, 4) is 0 Å². The Labute approximate surface area is 159 Å². The van der Waals surface area contributed by atoms with Crippen LogP contribution in [0.1, 0.15) is 56.6 Å². The molecule has 0 fully saturated rings. The zero-order valence-electron chi connectivity index (χ0n) is 16.6. The molecule has 1 heterocycles. The third-order valence-corrected chi connectivity index (χ3v) is 5.41. The summed E-state index contributed by atoms with van der Waals surface area (Å²) < 4.78 is 0. The van der Waals surface area contributed by atoms with Gasteiger partial charge in [-0.15, -0.1) is 0 Å². The topological polar surface area (TPSA) is 6.48 Å². The standard InChI is InChI=1S/C24H32N2/c1-5-7-8-9-10-11-12-20-14-16-22-24(18-20)26(6-2)23-17-19(3)13-15-21(23)25(22)4/h6,13-18H,2,5,7-12H2,1,3-4H3. The molecule has 1 aliphatic heterocycles. The molecule has 0 aliphatic carbocycles. The largest absolute Gasteiger partial charge is 0.341 e. The maximum Gasteiger partial charge on any atom is 0.0696 e. The van der Waals surface area contributed by atoms with Gasteiger partial charge in [-0.3, -0.25) is 0 Å². The summed E-state index contributed by atoms with van der Waals surface area (Å²) in [6, 6.07) is 13.5. The summed E-state index contributed by atoms with van der Waals surface area (Å²) >= 11 is 0. The molecule has 0 N–H and O–H groups in total. The van der Waals surface area contributed by atoms with E-state index in [0.29, 0.717) is 0 Å². The average Bonchev–Trinajstić information content (AvgIpc) is 2.65. The van der Waals surface area contributed by atoms with Crippen LogP contribution in [0.3, 0.4) is 0 Å². The van der Waals surface area contributed by atoms with E-state index in [1.165, 1.54) is 72.4 Å². The van der Waals surface area contributed by atoms with Gasteiger partial charge in [0.2, 0.25) is 0 Å². The van der Waals surface area contributed by atoms with Gasteiger partial charge >= 0.3 is 0 Å². The van der Waals surface area contributed by atoms with Crippen molar-refractivity contribution in [2.45, 2.75) is 58.8 Å². The molecule has 1 aliphatic rings. The zero-order valence-corrected chi connectivity index (χ0v) is 16.6. The number of nitrogens with zero attached hydrogens (tertiary/aromatic N) is 2. The third-order valence-electron chi connectivity index (χ3n) is 5.41. The molecular formula is C24H32N2. The molecule has 2 aromatic rings. The van der Waals surface area contributed by atoms with E-state index in [-0.39, 0.29) is 0 Å². The van der Waals surface area contributed by atoms with Crippen molar-refractivity contribution >= 4 is 22.7 Å². The van der Waals surface area contributed by atoms with Crippen LogP contribution in [-0.4, -0.2) is 7.05 Å². The minimum Gasteiger partial charge on any atom is -0.341 e. The first-order valence-corrected chi connectivity index (χ1v) is 10.0. The fraction of sp³-hybridized carbons (Fsp3) is 0.417. The first kappa shape index (κ1) is 18.6. The molecule has 0 amide bonds. The van der Waals surface area contributed by atoms with Crippen LogP contribution in [0.25, 0.3) is 0 Å². The monoisotopic (exact) mass is 348 g/mol. The van der Waals surface area contributed by atoms with Gasteiger partial charge in [-0.25, -0.2) is 0 Å². The fourth-order valence-corrected chi connectivity index (χ4v) is 3.88. The molecule has 0 saturated heterocycles. The van der Waals surface area contributed by atoms with Crippen molar-refractivity contribution in [1.82, 2.24) is 0 Å². The Morgan fingerprint density at radius 2 is 1.50 bits per heavy atom. The van der Waals surface area contributed by atoms with Crippen LogP contribution in [0.5, 0.6) is 0 Å². The predicted octanol–water partition coefficient (Wildman–Crippen LogP) is 7.26. The highest BCUT2D eigenvalue weighted by atomic mass is 15.2. The summed E-state index contributed by atoms with van der Waals surface area (Å²) in [5.41, 5.74) is 7.63. The minimum absolute atomic E-state index is 1.16. The molecule has 26 heavy (non-hydrogen) atoms. The molecule has 0 atom stereocenters. The second kappa shape index (κ2) is 8.44. The van der Waals surface area contributed by atoms with Gasteiger partial charge in [-0.05, 0) is 55.2 Å². The zero-order chi connectivity index (χ0) is 18.5. The molecule has 3 rings (SSSR count). The number of hydrogen-bond donors (Lipinski definition) is 0. The lowest BCUT2D eigenvalue weighted by Gasteiger charge is -2.37. The van der Waals surface area contributed by atoms with Crippen molar-refractivity contribution < 1.29 is 0 Å². The summed E-state index contributed by atoms with van der Waals surface area (Å²) in [6.07, 6.45) is 11.2. The number of hydrogen-bond acceptors (Lipinski definition) is 2. The van der Waals surface area contributed by atoms with Gasteiger partial charge in [0.05, 0.1) is 22.7 Å². The Morgan fingerprint density at radius 1 is 0.846 bits per heavy atom. The lowest BCUT2D eigenvalue weighted by Crippen LogP contribution is -2.23. The summed E-state index contributed by atoms with van der Waals surface area (Å²) in [5.74, 6) is 0. The molecular weight excluding hydrogens is 316 g/mol. The maximum atomic E-state index is 4.08. The van der Waals surface area contributed by atoms with Gasteiger partial charge in [0.1, 0.15) is 0 Å². The van der Waals surface area contributed by atoms with Crippen LogP contribution in [0.2, 0.25) is 0 Å². The lowest BCUT2D eigenvalue weighted by atomic mass is 10.0. The minimum atomic E-state index is 1.16. The van der Waals surface area contributed by atoms with E-state index in [9.17, 15) is 0 Å². The van der Waals surface area contributed by atoms with Crippen molar-refractivity contribution in [1.29, 1.82) is 0 Å². The van der Waals surface area contributed by atoms with Gasteiger partial charge < -0.3 is 9.80 Å². The molecule has 138 valence electrons. The van der Waals surface area contributed by atoms with Gasteiger partial charge in [-0.2, -0.15) is 0 Å². The van der Waals surface area contributed by atoms with Crippen molar-refractivity contribution in [3.63, 3.8) is 0 Å². The van der Waals surface area contributed by atoms with Gasteiger partial charge in [0, 0.05) is 13.2 Å². The van der Waals surface area contributed by atoms with Gasteiger partial charge in [0.25, 0.3) is 0 Å². The summed E-state index contributed by atoms with van der Waals surface area (Å²) in [6.45, 7) is 8.50. The first-order chi connectivity index (χ1) is 12.7. The Balaban J connectivity index is 1.78. The van der Waals surface area contributed by atoms with Crippen LogP contribution < -0.4 is 9.80 Å². The molecule has 0 radical (unpaired) electrons. The second-order valence-corrected chi connectivity index (χ2v) is 7.44. The van der Waals surface area contributed by atoms with Crippen LogP contribution >= 0.6 is 0 Å². The van der Waals surface area contributed by atoms with Crippen molar-refractivity contribution in [2.24, 2.45) is 0 Å². The lowest BCUT2D eigenvalue weighted by molar-refractivity contribution is 0.607. The van der Waals surface area contributed by atoms with E-state index >= 15 is 0 Å². The van der Waals surface area contributed by atoms with Crippen LogP contribution in [-0.2, 0) is 6.42 Å². The number of unbranched alkanes of at least 4 members (excludes halogenated alkanes) is 5. The second-order valence-electron chi connectivity index (χ2n) is 7.44. The quantitative estimate of drug-likeness (QED) is 0.463. The third kappa shape index (κ3) is 3.80. The SMILES string of the molecule is C=CN1c2cc(C)ccc2N(C)c2ccc(CCCCCCCC)cc21. The van der Waals surface area contributed by atoms with Crippen LogP contribution in [0.15, 0.2) is 49.2 Å². The Hall–Kier alpha value is -2.22. The highest BCUT2D eigenvalue weighted by Gasteiger charge is 2.25. The van der Waals surface area contributed by atoms with Crippen molar-refractivity contribution in [2.75, 3.05) is 16.8 Å². The van der Waals surface area contributed by atoms with E-state index in [2.05, 4.69) is 73.7 Å². The number of anilines is 4. The van der Waals surface area contributed by atoms with E-state index in [1.54, 1.807) is 0 Å². The van der Waals surface area contributed by atoms with Gasteiger partial charge in [-0.1, -0.05) is 57.7 Å². The fourth-order valence-electron chi connectivity index (χ4n) is 3.88. The molecule has 0 saturated carbocycles. The highest BCUT2D eigenvalue weighted by molar-refractivity contribution is 5.94. The average molecular weight is 349 g/mol. The van der Waals surface area contributed by atoms with Crippen LogP contribution in [0, 0.1) is 6.92 Å². The summed E-state index contributed by atoms with van der Waals surface area (Å²) in [7, 11) is 2.15. The molecule has 2 heteroatoms. The summed E-state index contributed by atoms with van der Waals surface area (Å²) in [4.78, 5) is 4.53.